The van der Waals surface area contributed by atoms with Crippen LogP contribution in [0.1, 0.15) is 51.4 Å². The molecular formula is C28H33N3O2. The summed E-state index contributed by atoms with van der Waals surface area (Å²) in [6.45, 7) is 6.95. The number of carbonyl (C=O) groups is 1. The molecule has 1 amide bonds. The summed E-state index contributed by atoms with van der Waals surface area (Å²) in [6.07, 6.45) is 1.91. The summed E-state index contributed by atoms with van der Waals surface area (Å²) in [7, 11) is 0. The van der Waals surface area contributed by atoms with Gasteiger partial charge in [0.15, 0.2) is 0 Å². The normalized spacial score (nSPS) is 15.9. The molecule has 2 atom stereocenters. The molecule has 5 heteroatoms. The van der Waals surface area contributed by atoms with Gasteiger partial charge in [0, 0.05) is 24.7 Å². The quantitative estimate of drug-likeness (QED) is 0.453. The van der Waals surface area contributed by atoms with Gasteiger partial charge in [0.2, 0.25) is 5.91 Å². The van der Waals surface area contributed by atoms with E-state index in [1.807, 2.05) is 36.4 Å². The van der Waals surface area contributed by atoms with Gasteiger partial charge < -0.3 is 21.5 Å². The van der Waals surface area contributed by atoms with Gasteiger partial charge in [-0.1, -0.05) is 48.0 Å². The molecule has 0 aromatic heterocycles. The van der Waals surface area contributed by atoms with E-state index in [-0.39, 0.29) is 17.7 Å². The van der Waals surface area contributed by atoms with Crippen LogP contribution in [-0.2, 0) is 17.6 Å². The number of carbonyl (C=O) groups excluding carboxylic acids is 1. The number of hydrogen-bond acceptors (Lipinski definition) is 4. The Morgan fingerprint density at radius 3 is 2.52 bits per heavy atom. The second kappa shape index (κ2) is 9.67. The van der Waals surface area contributed by atoms with Crippen molar-refractivity contribution in [2.45, 2.75) is 52.1 Å². The van der Waals surface area contributed by atoms with Crippen molar-refractivity contribution >= 4 is 11.6 Å². The lowest BCUT2D eigenvalue weighted by Crippen LogP contribution is -2.44. The first-order valence-corrected chi connectivity index (χ1v) is 11.6. The lowest BCUT2D eigenvalue weighted by atomic mass is 9.92. The van der Waals surface area contributed by atoms with Crippen LogP contribution in [0.15, 0.2) is 54.6 Å². The van der Waals surface area contributed by atoms with Crippen LogP contribution in [0, 0.1) is 20.8 Å². The SMILES string of the molecule is Cc1cc(C)c(CC(N)C(=O)NC2CCNc3cc(O)c(Cc4ccccc4)cc32)c(C)c1. The average molecular weight is 444 g/mol. The maximum Gasteiger partial charge on any atom is 0.237 e. The predicted molar refractivity (Wildman–Crippen MR) is 134 cm³/mol. The number of nitrogens with one attached hydrogen (secondary N) is 2. The van der Waals surface area contributed by atoms with Crippen LogP contribution in [0.2, 0.25) is 0 Å². The highest BCUT2D eigenvalue weighted by molar-refractivity contribution is 5.83. The maximum atomic E-state index is 13.1. The van der Waals surface area contributed by atoms with Gasteiger partial charge in [-0.3, -0.25) is 4.79 Å². The molecular weight excluding hydrogens is 410 g/mol. The Bertz CT molecular complexity index is 1130. The Balaban J connectivity index is 1.51. The highest BCUT2D eigenvalue weighted by Crippen LogP contribution is 2.36. The van der Waals surface area contributed by atoms with Crippen molar-refractivity contribution in [1.82, 2.24) is 5.32 Å². The van der Waals surface area contributed by atoms with Gasteiger partial charge in [-0.2, -0.15) is 0 Å². The molecule has 3 aromatic rings. The van der Waals surface area contributed by atoms with Crippen molar-refractivity contribution in [1.29, 1.82) is 0 Å². The largest absolute Gasteiger partial charge is 0.508 e. The molecule has 4 rings (SSSR count). The zero-order chi connectivity index (χ0) is 23.5. The van der Waals surface area contributed by atoms with Gasteiger partial charge in [-0.25, -0.2) is 0 Å². The Hall–Kier alpha value is -3.31. The van der Waals surface area contributed by atoms with Gasteiger partial charge >= 0.3 is 0 Å². The average Bonchev–Trinajstić information content (AvgIpc) is 2.77. The molecule has 1 aliphatic rings. The Labute approximate surface area is 196 Å². The first-order valence-electron chi connectivity index (χ1n) is 11.6. The van der Waals surface area contributed by atoms with Crippen LogP contribution >= 0.6 is 0 Å². The van der Waals surface area contributed by atoms with E-state index < -0.39 is 6.04 Å². The number of benzene rings is 3. The molecule has 0 fully saturated rings. The van der Waals surface area contributed by atoms with Gasteiger partial charge in [0.25, 0.3) is 0 Å². The summed E-state index contributed by atoms with van der Waals surface area (Å²) in [4.78, 5) is 13.1. The molecule has 1 aliphatic heterocycles. The van der Waals surface area contributed by atoms with Gasteiger partial charge in [0.05, 0.1) is 12.1 Å². The zero-order valence-electron chi connectivity index (χ0n) is 19.6. The Morgan fingerprint density at radius 2 is 1.82 bits per heavy atom. The molecule has 5 N–H and O–H groups in total. The summed E-state index contributed by atoms with van der Waals surface area (Å²) < 4.78 is 0. The van der Waals surface area contributed by atoms with Crippen molar-refractivity contribution < 1.29 is 9.90 Å². The first kappa shape index (κ1) is 22.9. The minimum Gasteiger partial charge on any atom is -0.508 e. The van der Waals surface area contributed by atoms with E-state index >= 15 is 0 Å². The van der Waals surface area contributed by atoms with Crippen LogP contribution in [0.5, 0.6) is 5.75 Å². The van der Waals surface area contributed by atoms with Crippen LogP contribution in [0.3, 0.4) is 0 Å². The van der Waals surface area contributed by atoms with Crippen molar-refractivity contribution in [3.05, 3.63) is 93.5 Å². The molecule has 3 aromatic carbocycles. The molecule has 172 valence electrons. The minimum atomic E-state index is -0.621. The molecule has 33 heavy (non-hydrogen) atoms. The number of aromatic hydroxyl groups is 1. The molecule has 2 unspecified atom stereocenters. The fourth-order valence-corrected chi connectivity index (χ4v) is 4.83. The summed E-state index contributed by atoms with van der Waals surface area (Å²) in [5.41, 5.74) is 14.9. The van der Waals surface area contributed by atoms with Crippen LogP contribution < -0.4 is 16.4 Å². The third kappa shape index (κ3) is 5.20. The van der Waals surface area contributed by atoms with E-state index in [1.54, 1.807) is 6.07 Å². The minimum absolute atomic E-state index is 0.143. The second-order valence-corrected chi connectivity index (χ2v) is 9.20. The van der Waals surface area contributed by atoms with Gasteiger partial charge in [-0.15, -0.1) is 0 Å². The lowest BCUT2D eigenvalue weighted by Gasteiger charge is -2.29. The lowest BCUT2D eigenvalue weighted by molar-refractivity contribution is -0.123. The van der Waals surface area contributed by atoms with E-state index in [0.717, 1.165) is 40.9 Å². The fourth-order valence-electron chi connectivity index (χ4n) is 4.83. The third-order valence-corrected chi connectivity index (χ3v) is 6.53. The molecule has 0 saturated carbocycles. The number of aryl methyl sites for hydroxylation is 3. The van der Waals surface area contributed by atoms with E-state index in [9.17, 15) is 9.90 Å². The molecule has 0 saturated heterocycles. The Kier molecular flexibility index (Phi) is 6.70. The van der Waals surface area contributed by atoms with Gasteiger partial charge in [0.1, 0.15) is 5.75 Å². The maximum absolute atomic E-state index is 13.1. The molecule has 0 aliphatic carbocycles. The number of amides is 1. The Morgan fingerprint density at radius 1 is 1.12 bits per heavy atom. The second-order valence-electron chi connectivity index (χ2n) is 9.20. The van der Waals surface area contributed by atoms with Crippen LogP contribution in [0.25, 0.3) is 0 Å². The zero-order valence-corrected chi connectivity index (χ0v) is 19.6. The first-order chi connectivity index (χ1) is 15.8. The number of anilines is 1. The highest BCUT2D eigenvalue weighted by Gasteiger charge is 2.26. The third-order valence-electron chi connectivity index (χ3n) is 6.53. The van der Waals surface area contributed by atoms with Crippen LogP contribution in [-0.4, -0.2) is 23.6 Å². The number of nitrogens with two attached hydrogens (primary N) is 1. The van der Waals surface area contributed by atoms with Crippen molar-refractivity contribution in [3.8, 4) is 5.75 Å². The van der Waals surface area contributed by atoms with Crippen molar-refractivity contribution in [2.75, 3.05) is 11.9 Å². The fraction of sp³-hybridized carbons (Fsp3) is 0.321. The molecule has 1 heterocycles. The van der Waals surface area contributed by atoms with E-state index in [1.165, 1.54) is 16.7 Å². The summed E-state index contributed by atoms with van der Waals surface area (Å²) in [5.74, 6) is 0.115. The number of hydrogen-bond donors (Lipinski definition) is 4. The van der Waals surface area contributed by atoms with E-state index in [0.29, 0.717) is 12.8 Å². The van der Waals surface area contributed by atoms with E-state index in [4.69, 9.17) is 5.73 Å². The molecule has 0 bridgehead atoms. The summed E-state index contributed by atoms with van der Waals surface area (Å²) >= 11 is 0. The number of fused-ring (bicyclic) bond motifs is 1. The van der Waals surface area contributed by atoms with Crippen molar-refractivity contribution in [3.63, 3.8) is 0 Å². The number of phenols is 1. The topological polar surface area (TPSA) is 87.4 Å². The number of rotatable bonds is 6. The summed E-state index contributed by atoms with van der Waals surface area (Å²) in [5, 5.41) is 17.1. The monoisotopic (exact) mass is 443 g/mol. The van der Waals surface area contributed by atoms with Crippen LogP contribution in [0.4, 0.5) is 5.69 Å². The standard InChI is InChI=1S/C28H33N3O2/c1-17-11-18(2)22(19(3)12-17)15-24(29)28(33)31-25-9-10-30-26-16-27(32)21(14-23(25)26)13-20-7-5-4-6-8-20/h4-8,11-12,14,16,24-25,30,32H,9-10,13,15,29H2,1-3H3,(H,31,33). The molecule has 0 spiro atoms. The van der Waals surface area contributed by atoms with E-state index in [2.05, 4.69) is 43.5 Å². The number of phenolic OH excluding ortho intramolecular Hbond substituents is 1. The molecule has 5 nitrogen and oxygen atoms in total. The predicted octanol–water partition coefficient (Wildman–Crippen LogP) is 4.45. The van der Waals surface area contributed by atoms with Gasteiger partial charge in [-0.05, 0) is 73.1 Å². The smallest absolute Gasteiger partial charge is 0.237 e. The summed E-state index contributed by atoms with van der Waals surface area (Å²) in [6, 6.07) is 17.3. The highest BCUT2D eigenvalue weighted by atomic mass is 16.3. The molecule has 0 radical (unpaired) electrons. The van der Waals surface area contributed by atoms with Crippen molar-refractivity contribution in [2.24, 2.45) is 5.73 Å².